The van der Waals surface area contributed by atoms with Crippen LogP contribution in [-0.4, -0.2) is 43.1 Å². The average molecular weight is 338 g/mol. The van der Waals surface area contributed by atoms with Crippen LogP contribution in [-0.2, 0) is 0 Å². The minimum absolute atomic E-state index is 0.138. The first-order chi connectivity index (χ1) is 11.1. The number of methoxy groups -OCH3 is 1. The van der Waals surface area contributed by atoms with E-state index < -0.39 is 0 Å². The lowest BCUT2D eigenvalue weighted by Gasteiger charge is -2.44. The van der Waals surface area contributed by atoms with E-state index in [1.165, 1.54) is 20.0 Å². The average Bonchev–Trinajstić information content (AvgIpc) is 2.57. The maximum atomic E-state index is 12.7. The number of carbonyl (C=O) groups excluding carboxylic acids is 1. The fourth-order valence-corrected chi connectivity index (χ4v) is 3.95. The van der Waals surface area contributed by atoms with Gasteiger partial charge >= 0.3 is 0 Å². The van der Waals surface area contributed by atoms with E-state index in [2.05, 4.69) is 10.2 Å². The number of anilines is 1. The van der Waals surface area contributed by atoms with Gasteiger partial charge in [0.15, 0.2) is 0 Å². The first-order valence-electron chi connectivity index (χ1n) is 8.28. The summed E-state index contributed by atoms with van der Waals surface area (Å²) >= 11 is 6.07. The van der Waals surface area contributed by atoms with Crippen molar-refractivity contribution in [2.45, 2.75) is 44.2 Å². The summed E-state index contributed by atoms with van der Waals surface area (Å²) in [7, 11) is 1.53. The molecule has 0 spiro atoms. The van der Waals surface area contributed by atoms with Crippen LogP contribution >= 0.6 is 11.6 Å². The zero-order valence-electron chi connectivity index (χ0n) is 13.5. The van der Waals surface area contributed by atoms with Crippen molar-refractivity contribution in [3.8, 4) is 5.75 Å². The molecule has 0 aliphatic carbocycles. The number of hydrogen-bond acceptors (Lipinski definition) is 4. The lowest BCUT2D eigenvalue weighted by molar-refractivity contribution is 0.0661. The van der Waals surface area contributed by atoms with E-state index in [1.807, 2.05) is 0 Å². The molecule has 2 aliphatic rings. The van der Waals surface area contributed by atoms with Crippen molar-refractivity contribution < 1.29 is 9.53 Å². The first-order valence-corrected chi connectivity index (χ1v) is 8.66. The van der Waals surface area contributed by atoms with E-state index in [4.69, 9.17) is 22.1 Å². The molecule has 2 atom stereocenters. The largest absolute Gasteiger partial charge is 0.496 e. The zero-order chi connectivity index (χ0) is 16.4. The minimum atomic E-state index is -0.138. The van der Waals surface area contributed by atoms with Gasteiger partial charge in [-0.3, -0.25) is 9.69 Å². The second kappa shape index (κ2) is 6.97. The number of nitrogens with zero attached hydrogens (tertiary/aromatic N) is 1. The standard InChI is InChI=1S/C17H24ClN3O2/c1-23-16-10-13(19)12(18)9-11(16)17(22)20-14-5-4-8-21-7-3-2-6-15(14)21/h9-10,14-15H,2-8,19H2,1H3,(H,20,22). The predicted molar refractivity (Wildman–Crippen MR) is 92.1 cm³/mol. The van der Waals surface area contributed by atoms with Crippen LogP contribution in [0.2, 0.25) is 5.02 Å². The van der Waals surface area contributed by atoms with Crippen molar-refractivity contribution in [2.75, 3.05) is 25.9 Å². The van der Waals surface area contributed by atoms with Crippen LogP contribution in [0, 0.1) is 0 Å². The molecule has 2 heterocycles. The minimum Gasteiger partial charge on any atom is -0.496 e. The van der Waals surface area contributed by atoms with Crippen molar-refractivity contribution >= 4 is 23.2 Å². The van der Waals surface area contributed by atoms with Crippen LogP contribution in [0.5, 0.6) is 5.75 Å². The lowest BCUT2D eigenvalue weighted by atomic mass is 9.88. The number of carbonyl (C=O) groups is 1. The topological polar surface area (TPSA) is 67.6 Å². The molecule has 2 aliphatic heterocycles. The highest BCUT2D eigenvalue weighted by Gasteiger charge is 2.34. The van der Waals surface area contributed by atoms with Gasteiger partial charge in [-0.15, -0.1) is 0 Å². The monoisotopic (exact) mass is 337 g/mol. The number of halogens is 1. The number of benzene rings is 1. The highest BCUT2D eigenvalue weighted by Crippen LogP contribution is 2.30. The van der Waals surface area contributed by atoms with Crippen molar-refractivity contribution in [1.29, 1.82) is 0 Å². The van der Waals surface area contributed by atoms with Gasteiger partial charge < -0.3 is 15.8 Å². The van der Waals surface area contributed by atoms with E-state index in [1.54, 1.807) is 12.1 Å². The molecule has 5 nitrogen and oxygen atoms in total. The lowest BCUT2D eigenvalue weighted by Crippen LogP contribution is -2.56. The molecule has 126 valence electrons. The number of nitrogens with one attached hydrogen (secondary N) is 1. The quantitative estimate of drug-likeness (QED) is 0.832. The predicted octanol–water partition coefficient (Wildman–Crippen LogP) is 2.68. The summed E-state index contributed by atoms with van der Waals surface area (Å²) in [5, 5.41) is 3.57. The number of piperidine rings is 2. The van der Waals surface area contributed by atoms with Crippen molar-refractivity contribution in [3.05, 3.63) is 22.7 Å². The van der Waals surface area contributed by atoms with Crippen LogP contribution in [0.4, 0.5) is 5.69 Å². The second-order valence-corrected chi connectivity index (χ2v) is 6.80. The Morgan fingerprint density at radius 3 is 2.87 bits per heavy atom. The Labute approximate surface area is 142 Å². The third kappa shape index (κ3) is 3.40. The molecule has 1 aromatic rings. The summed E-state index contributed by atoms with van der Waals surface area (Å²) < 4.78 is 5.29. The fourth-order valence-electron chi connectivity index (χ4n) is 3.79. The van der Waals surface area contributed by atoms with Gasteiger partial charge in [0.25, 0.3) is 5.91 Å². The maximum absolute atomic E-state index is 12.7. The van der Waals surface area contributed by atoms with E-state index >= 15 is 0 Å². The molecule has 1 amide bonds. The van der Waals surface area contributed by atoms with E-state index in [9.17, 15) is 4.79 Å². The molecule has 2 saturated heterocycles. The van der Waals surface area contributed by atoms with Crippen LogP contribution < -0.4 is 15.8 Å². The third-order valence-electron chi connectivity index (χ3n) is 4.97. The Morgan fingerprint density at radius 2 is 2.09 bits per heavy atom. The highest BCUT2D eigenvalue weighted by molar-refractivity contribution is 6.33. The van der Waals surface area contributed by atoms with Crippen molar-refractivity contribution in [1.82, 2.24) is 10.2 Å². The molecule has 2 fully saturated rings. The molecule has 3 N–H and O–H groups in total. The highest BCUT2D eigenvalue weighted by atomic mass is 35.5. The fraction of sp³-hybridized carbons (Fsp3) is 0.588. The molecule has 6 heteroatoms. The number of fused-ring (bicyclic) bond motifs is 1. The van der Waals surface area contributed by atoms with Gasteiger partial charge in [-0.05, 0) is 44.8 Å². The molecule has 0 bridgehead atoms. The van der Waals surface area contributed by atoms with Crippen LogP contribution in [0.25, 0.3) is 0 Å². The van der Waals surface area contributed by atoms with Gasteiger partial charge in [0, 0.05) is 18.2 Å². The summed E-state index contributed by atoms with van der Waals surface area (Å²) in [5.74, 6) is 0.321. The summed E-state index contributed by atoms with van der Waals surface area (Å²) in [6.07, 6.45) is 5.81. The smallest absolute Gasteiger partial charge is 0.255 e. The van der Waals surface area contributed by atoms with Gasteiger partial charge in [0.05, 0.1) is 23.4 Å². The Bertz CT molecular complexity index is 591. The van der Waals surface area contributed by atoms with Crippen molar-refractivity contribution in [2.24, 2.45) is 0 Å². The molecule has 2 unspecified atom stereocenters. The second-order valence-electron chi connectivity index (χ2n) is 6.40. The maximum Gasteiger partial charge on any atom is 0.255 e. The Morgan fingerprint density at radius 1 is 1.30 bits per heavy atom. The molecule has 0 aromatic heterocycles. The van der Waals surface area contributed by atoms with Crippen molar-refractivity contribution in [3.63, 3.8) is 0 Å². The molecule has 3 rings (SSSR count). The van der Waals surface area contributed by atoms with E-state index in [0.29, 0.717) is 28.1 Å². The molecule has 0 radical (unpaired) electrons. The van der Waals surface area contributed by atoms with Gasteiger partial charge in [-0.25, -0.2) is 0 Å². The number of ether oxygens (including phenoxy) is 1. The van der Waals surface area contributed by atoms with E-state index in [0.717, 1.165) is 32.4 Å². The SMILES string of the molecule is COc1cc(N)c(Cl)cc1C(=O)NC1CCCN2CCCCC12. The Balaban J connectivity index is 1.77. The third-order valence-corrected chi connectivity index (χ3v) is 5.30. The number of amides is 1. The van der Waals surface area contributed by atoms with Gasteiger partial charge in [0.1, 0.15) is 5.75 Å². The van der Waals surface area contributed by atoms with Crippen LogP contribution in [0.1, 0.15) is 42.5 Å². The number of rotatable bonds is 3. The van der Waals surface area contributed by atoms with Gasteiger partial charge in [-0.1, -0.05) is 18.0 Å². The summed E-state index contributed by atoms with van der Waals surface area (Å²) in [5.41, 5.74) is 6.64. The molecule has 1 aromatic carbocycles. The normalized spacial score (nSPS) is 24.8. The van der Waals surface area contributed by atoms with Crippen LogP contribution in [0.15, 0.2) is 12.1 Å². The van der Waals surface area contributed by atoms with E-state index in [-0.39, 0.29) is 11.9 Å². The molecular formula is C17H24ClN3O2. The molecule has 0 saturated carbocycles. The zero-order valence-corrected chi connectivity index (χ0v) is 14.2. The number of nitrogens with two attached hydrogens (primary N) is 1. The molecular weight excluding hydrogens is 314 g/mol. The summed E-state index contributed by atoms with van der Waals surface area (Å²) in [4.78, 5) is 15.2. The summed E-state index contributed by atoms with van der Waals surface area (Å²) in [6.45, 7) is 2.29. The Hall–Kier alpha value is -1.46. The summed E-state index contributed by atoms with van der Waals surface area (Å²) in [6, 6.07) is 3.84. The first kappa shape index (κ1) is 16.4. The Kier molecular flexibility index (Phi) is 4.97. The number of hydrogen-bond donors (Lipinski definition) is 2. The molecule has 23 heavy (non-hydrogen) atoms. The van der Waals surface area contributed by atoms with Gasteiger partial charge in [0.2, 0.25) is 0 Å². The number of nitrogen functional groups attached to an aromatic ring is 1. The van der Waals surface area contributed by atoms with Crippen LogP contribution in [0.3, 0.4) is 0 Å². The van der Waals surface area contributed by atoms with Gasteiger partial charge in [-0.2, -0.15) is 0 Å².